The van der Waals surface area contributed by atoms with Gasteiger partial charge in [-0.25, -0.2) is 0 Å². The predicted molar refractivity (Wildman–Crippen MR) is 95.1 cm³/mol. The SMILES string of the molecule is CC1CCCN(C(=O)C2CCN(C(=O)c3ccc(Cl)cc3)CC2)C1. The molecule has 0 aliphatic carbocycles. The van der Waals surface area contributed by atoms with E-state index in [-0.39, 0.29) is 11.8 Å². The summed E-state index contributed by atoms with van der Waals surface area (Å²) in [7, 11) is 0. The van der Waals surface area contributed by atoms with Crippen LogP contribution in [0.3, 0.4) is 0 Å². The minimum absolute atomic E-state index is 0.0316. The Morgan fingerprint density at radius 1 is 1.00 bits per heavy atom. The van der Waals surface area contributed by atoms with E-state index in [4.69, 9.17) is 11.6 Å². The van der Waals surface area contributed by atoms with E-state index >= 15 is 0 Å². The third-order valence-corrected chi connectivity index (χ3v) is 5.44. The largest absolute Gasteiger partial charge is 0.342 e. The third-order valence-electron chi connectivity index (χ3n) is 5.19. The first kappa shape index (κ1) is 17.3. The number of benzene rings is 1. The van der Waals surface area contributed by atoms with Gasteiger partial charge in [0, 0.05) is 42.7 Å². The fourth-order valence-electron chi connectivity index (χ4n) is 3.75. The molecule has 2 saturated heterocycles. The third kappa shape index (κ3) is 3.92. The highest BCUT2D eigenvalue weighted by Gasteiger charge is 2.31. The van der Waals surface area contributed by atoms with Crippen LogP contribution in [-0.2, 0) is 4.79 Å². The van der Waals surface area contributed by atoms with Gasteiger partial charge >= 0.3 is 0 Å². The Kier molecular flexibility index (Phi) is 5.44. The molecule has 4 nitrogen and oxygen atoms in total. The highest BCUT2D eigenvalue weighted by molar-refractivity contribution is 6.30. The summed E-state index contributed by atoms with van der Waals surface area (Å²) >= 11 is 5.87. The maximum absolute atomic E-state index is 12.7. The van der Waals surface area contributed by atoms with E-state index < -0.39 is 0 Å². The van der Waals surface area contributed by atoms with Crippen LogP contribution in [0.2, 0.25) is 5.02 Å². The first-order valence-electron chi connectivity index (χ1n) is 8.88. The second-order valence-corrected chi connectivity index (χ2v) is 7.54. The maximum Gasteiger partial charge on any atom is 0.253 e. The molecule has 130 valence electrons. The highest BCUT2D eigenvalue weighted by atomic mass is 35.5. The molecular weight excluding hydrogens is 324 g/mol. The second kappa shape index (κ2) is 7.56. The van der Waals surface area contributed by atoms with Gasteiger partial charge in [-0.2, -0.15) is 0 Å². The predicted octanol–water partition coefficient (Wildman–Crippen LogP) is 3.45. The molecule has 3 rings (SSSR count). The molecule has 0 bridgehead atoms. The van der Waals surface area contributed by atoms with Crippen molar-refractivity contribution < 1.29 is 9.59 Å². The van der Waals surface area contributed by atoms with Gasteiger partial charge in [-0.3, -0.25) is 9.59 Å². The van der Waals surface area contributed by atoms with E-state index in [1.807, 2.05) is 9.80 Å². The zero-order valence-electron chi connectivity index (χ0n) is 14.2. The Balaban J connectivity index is 1.54. The van der Waals surface area contributed by atoms with Crippen LogP contribution < -0.4 is 0 Å². The van der Waals surface area contributed by atoms with Gasteiger partial charge in [-0.05, 0) is 55.9 Å². The fraction of sp³-hybridized carbons (Fsp3) is 0.579. The average molecular weight is 349 g/mol. The quantitative estimate of drug-likeness (QED) is 0.821. The van der Waals surface area contributed by atoms with Crippen molar-refractivity contribution in [2.45, 2.75) is 32.6 Å². The molecule has 24 heavy (non-hydrogen) atoms. The van der Waals surface area contributed by atoms with Gasteiger partial charge in [0.2, 0.25) is 5.91 Å². The van der Waals surface area contributed by atoms with Crippen molar-refractivity contribution in [3.8, 4) is 0 Å². The molecule has 1 aromatic carbocycles. The number of rotatable bonds is 2. The summed E-state index contributed by atoms with van der Waals surface area (Å²) in [4.78, 5) is 29.1. The van der Waals surface area contributed by atoms with E-state index in [0.717, 1.165) is 32.4 Å². The number of hydrogen-bond donors (Lipinski definition) is 0. The normalized spacial score (nSPS) is 22.5. The van der Waals surface area contributed by atoms with Crippen molar-refractivity contribution in [1.82, 2.24) is 9.80 Å². The molecule has 0 saturated carbocycles. The van der Waals surface area contributed by atoms with Crippen molar-refractivity contribution in [1.29, 1.82) is 0 Å². The first-order chi connectivity index (χ1) is 11.5. The molecule has 0 radical (unpaired) electrons. The van der Waals surface area contributed by atoms with Gasteiger partial charge in [0.25, 0.3) is 5.91 Å². The number of carbonyl (C=O) groups excluding carboxylic acids is 2. The van der Waals surface area contributed by atoms with Crippen molar-refractivity contribution in [3.05, 3.63) is 34.9 Å². The van der Waals surface area contributed by atoms with Gasteiger partial charge in [0.05, 0.1) is 0 Å². The molecule has 1 unspecified atom stereocenters. The maximum atomic E-state index is 12.7. The monoisotopic (exact) mass is 348 g/mol. The zero-order chi connectivity index (χ0) is 17.1. The lowest BCUT2D eigenvalue weighted by atomic mass is 9.92. The van der Waals surface area contributed by atoms with Crippen LogP contribution in [0.25, 0.3) is 0 Å². The van der Waals surface area contributed by atoms with Crippen molar-refractivity contribution in [2.75, 3.05) is 26.2 Å². The van der Waals surface area contributed by atoms with Gasteiger partial charge in [0.15, 0.2) is 0 Å². The lowest BCUT2D eigenvalue weighted by molar-refractivity contribution is -0.138. The molecule has 2 aliphatic heterocycles. The Labute approximate surface area is 148 Å². The molecular formula is C19H25ClN2O2. The number of carbonyl (C=O) groups is 2. The molecule has 2 amide bonds. The highest BCUT2D eigenvalue weighted by Crippen LogP contribution is 2.24. The number of likely N-dealkylation sites (tertiary alicyclic amines) is 2. The number of halogens is 1. The zero-order valence-corrected chi connectivity index (χ0v) is 15.0. The standard InChI is InChI=1S/C19H25ClN2O2/c1-14-3-2-10-22(13-14)19(24)16-8-11-21(12-9-16)18(23)15-4-6-17(20)7-5-15/h4-7,14,16H,2-3,8-13H2,1H3. The molecule has 2 fully saturated rings. The van der Waals surface area contributed by atoms with Gasteiger partial charge < -0.3 is 9.80 Å². The van der Waals surface area contributed by atoms with Crippen LogP contribution in [0, 0.1) is 11.8 Å². The van der Waals surface area contributed by atoms with Gasteiger partial charge in [-0.15, -0.1) is 0 Å². The molecule has 1 aromatic rings. The molecule has 2 heterocycles. The minimum Gasteiger partial charge on any atom is -0.342 e. The van der Waals surface area contributed by atoms with Crippen molar-refractivity contribution in [2.24, 2.45) is 11.8 Å². The molecule has 2 aliphatic rings. The van der Waals surface area contributed by atoms with E-state index in [2.05, 4.69) is 6.92 Å². The lowest BCUT2D eigenvalue weighted by Crippen LogP contribution is -2.47. The number of nitrogens with zero attached hydrogens (tertiary/aromatic N) is 2. The minimum atomic E-state index is 0.0316. The smallest absolute Gasteiger partial charge is 0.253 e. The number of piperidine rings is 2. The molecule has 0 aromatic heterocycles. The summed E-state index contributed by atoms with van der Waals surface area (Å²) in [6, 6.07) is 7.00. The second-order valence-electron chi connectivity index (χ2n) is 7.11. The van der Waals surface area contributed by atoms with E-state index in [1.165, 1.54) is 6.42 Å². The summed E-state index contributed by atoms with van der Waals surface area (Å²) in [6.07, 6.45) is 3.87. The van der Waals surface area contributed by atoms with Crippen LogP contribution in [-0.4, -0.2) is 47.8 Å². The Morgan fingerprint density at radius 2 is 1.67 bits per heavy atom. The van der Waals surface area contributed by atoms with E-state index in [0.29, 0.717) is 35.5 Å². The van der Waals surface area contributed by atoms with E-state index in [1.54, 1.807) is 24.3 Å². The average Bonchev–Trinajstić information content (AvgIpc) is 2.61. The number of amides is 2. The Hall–Kier alpha value is -1.55. The summed E-state index contributed by atoms with van der Waals surface area (Å²) in [5.41, 5.74) is 0.661. The summed E-state index contributed by atoms with van der Waals surface area (Å²) < 4.78 is 0. The number of hydrogen-bond acceptors (Lipinski definition) is 2. The first-order valence-corrected chi connectivity index (χ1v) is 9.26. The van der Waals surface area contributed by atoms with Crippen molar-refractivity contribution >= 4 is 23.4 Å². The van der Waals surface area contributed by atoms with Gasteiger partial charge in [0.1, 0.15) is 0 Å². The fourth-order valence-corrected chi connectivity index (χ4v) is 3.88. The van der Waals surface area contributed by atoms with Crippen LogP contribution in [0.5, 0.6) is 0 Å². The van der Waals surface area contributed by atoms with Crippen LogP contribution >= 0.6 is 11.6 Å². The molecule has 0 N–H and O–H groups in total. The molecule has 5 heteroatoms. The van der Waals surface area contributed by atoms with Crippen molar-refractivity contribution in [3.63, 3.8) is 0 Å². The Morgan fingerprint density at radius 3 is 2.29 bits per heavy atom. The lowest BCUT2D eigenvalue weighted by Gasteiger charge is -2.37. The van der Waals surface area contributed by atoms with E-state index in [9.17, 15) is 9.59 Å². The van der Waals surface area contributed by atoms with Crippen LogP contribution in [0.4, 0.5) is 0 Å². The topological polar surface area (TPSA) is 40.6 Å². The summed E-state index contributed by atoms with van der Waals surface area (Å²) in [5, 5.41) is 0.631. The summed E-state index contributed by atoms with van der Waals surface area (Å²) in [5.74, 6) is 1.00. The molecule has 0 spiro atoms. The van der Waals surface area contributed by atoms with Gasteiger partial charge in [-0.1, -0.05) is 18.5 Å². The molecule has 1 atom stereocenters. The summed E-state index contributed by atoms with van der Waals surface area (Å²) in [6.45, 7) is 5.31. The van der Waals surface area contributed by atoms with Crippen LogP contribution in [0.1, 0.15) is 43.0 Å². The Bertz CT molecular complexity index is 594. The van der Waals surface area contributed by atoms with Crippen LogP contribution in [0.15, 0.2) is 24.3 Å².